The molecule has 1 atom stereocenters. The third kappa shape index (κ3) is 3.90. The summed E-state index contributed by atoms with van der Waals surface area (Å²) in [6, 6.07) is 2.54. The standard InChI is InChI=1S/C15H25N5S/c1-4-6-8-20(11(3)5-2)10-13-17-14(19-16)12-7-9-21-15(12)18-13/h7,9,11H,4-6,8,10,16H2,1-3H3,(H,17,18,19). The SMILES string of the molecule is CCCCN(Cc1nc(NN)c2ccsc2n1)C(C)CC. The zero-order chi connectivity index (χ0) is 15.2. The number of nitrogen functional groups attached to an aromatic ring is 1. The van der Waals surface area contributed by atoms with Crippen molar-refractivity contribution in [1.82, 2.24) is 14.9 Å². The van der Waals surface area contributed by atoms with Crippen molar-refractivity contribution in [3.05, 3.63) is 17.3 Å². The summed E-state index contributed by atoms with van der Waals surface area (Å²) in [6.07, 6.45) is 3.54. The second-order valence-corrected chi connectivity index (χ2v) is 6.25. The van der Waals surface area contributed by atoms with E-state index in [1.807, 2.05) is 11.4 Å². The van der Waals surface area contributed by atoms with Crippen molar-refractivity contribution in [3.8, 4) is 0 Å². The third-order valence-corrected chi connectivity index (χ3v) is 4.67. The van der Waals surface area contributed by atoms with Gasteiger partial charge in [-0.2, -0.15) is 0 Å². The van der Waals surface area contributed by atoms with Gasteiger partial charge in [0.15, 0.2) is 5.82 Å². The fourth-order valence-electron chi connectivity index (χ4n) is 2.34. The molecule has 0 saturated heterocycles. The summed E-state index contributed by atoms with van der Waals surface area (Å²) in [4.78, 5) is 12.7. The predicted octanol–water partition coefficient (Wildman–Crippen LogP) is 3.38. The topological polar surface area (TPSA) is 67.1 Å². The lowest BCUT2D eigenvalue weighted by molar-refractivity contribution is 0.188. The fraction of sp³-hybridized carbons (Fsp3) is 0.600. The van der Waals surface area contributed by atoms with Gasteiger partial charge in [0.2, 0.25) is 0 Å². The Morgan fingerprint density at radius 1 is 1.38 bits per heavy atom. The number of rotatable bonds is 8. The molecule has 0 saturated carbocycles. The van der Waals surface area contributed by atoms with Crippen LogP contribution in [0.5, 0.6) is 0 Å². The van der Waals surface area contributed by atoms with E-state index in [-0.39, 0.29) is 0 Å². The summed E-state index contributed by atoms with van der Waals surface area (Å²) < 4.78 is 0. The smallest absolute Gasteiger partial charge is 0.152 e. The maximum Gasteiger partial charge on any atom is 0.152 e. The Labute approximate surface area is 130 Å². The molecular formula is C15H25N5S. The second-order valence-electron chi connectivity index (χ2n) is 5.35. The van der Waals surface area contributed by atoms with Crippen LogP contribution in [0.15, 0.2) is 11.4 Å². The number of nitrogens with two attached hydrogens (primary N) is 1. The van der Waals surface area contributed by atoms with Crippen molar-refractivity contribution in [2.24, 2.45) is 5.84 Å². The summed E-state index contributed by atoms with van der Waals surface area (Å²) in [7, 11) is 0. The molecule has 0 bridgehead atoms. The highest BCUT2D eigenvalue weighted by Gasteiger charge is 2.15. The van der Waals surface area contributed by atoms with E-state index in [1.54, 1.807) is 11.3 Å². The zero-order valence-corrected chi connectivity index (χ0v) is 13.9. The van der Waals surface area contributed by atoms with E-state index in [1.165, 1.54) is 12.8 Å². The van der Waals surface area contributed by atoms with Crippen LogP contribution in [-0.2, 0) is 6.54 Å². The van der Waals surface area contributed by atoms with Gasteiger partial charge in [-0.1, -0.05) is 20.3 Å². The predicted molar refractivity (Wildman–Crippen MR) is 90.3 cm³/mol. The maximum absolute atomic E-state index is 5.59. The van der Waals surface area contributed by atoms with Crippen molar-refractivity contribution < 1.29 is 0 Å². The molecule has 0 aliphatic heterocycles. The minimum absolute atomic E-state index is 0.536. The number of nitrogens with zero attached hydrogens (tertiary/aromatic N) is 3. The monoisotopic (exact) mass is 307 g/mol. The number of anilines is 1. The molecule has 116 valence electrons. The van der Waals surface area contributed by atoms with Gasteiger partial charge in [0.1, 0.15) is 10.7 Å². The normalized spacial score (nSPS) is 13.0. The van der Waals surface area contributed by atoms with Crippen molar-refractivity contribution in [3.63, 3.8) is 0 Å². The average Bonchev–Trinajstić information content (AvgIpc) is 2.98. The first kappa shape index (κ1) is 16.1. The first-order chi connectivity index (χ1) is 10.2. The molecule has 2 aromatic heterocycles. The van der Waals surface area contributed by atoms with Crippen LogP contribution >= 0.6 is 11.3 Å². The minimum atomic E-state index is 0.536. The Morgan fingerprint density at radius 2 is 2.19 bits per heavy atom. The second kappa shape index (κ2) is 7.68. The van der Waals surface area contributed by atoms with E-state index in [9.17, 15) is 0 Å². The number of nitrogens with one attached hydrogen (secondary N) is 1. The highest BCUT2D eigenvalue weighted by Crippen LogP contribution is 2.25. The molecule has 0 spiro atoms. The van der Waals surface area contributed by atoms with E-state index in [2.05, 4.69) is 41.1 Å². The molecule has 2 heterocycles. The van der Waals surface area contributed by atoms with Crippen molar-refractivity contribution in [1.29, 1.82) is 0 Å². The van der Waals surface area contributed by atoms with Crippen LogP contribution in [0.3, 0.4) is 0 Å². The van der Waals surface area contributed by atoms with Crippen LogP contribution in [0.2, 0.25) is 0 Å². The molecule has 0 aromatic carbocycles. The first-order valence-electron chi connectivity index (χ1n) is 7.64. The number of aromatic nitrogens is 2. The van der Waals surface area contributed by atoms with Gasteiger partial charge in [-0.25, -0.2) is 15.8 Å². The highest BCUT2D eigenvalue weighted by molar-refractivity contribution is 7.16. The number of fused-ring (bicyclic) bond motifs is 1. The highest BCUT2D eigenvalue weighted by atomic mass is 32.1. The largest absolute Gasteiger partial charge is 0.308 e. The van der Waals surface area contributed by atoms with Crippen LogP contribution in [-0.4, -0.2) is 27.5 Å². The molecule has 6 heteroatoms. The average molecular weight is 307 g/mol. The van der Waals surface area contributed by atoms with Crippen LogP contribution in [0.4, 0.5) is 5.82 Å². The van der Waals surface area contributed by atoms with Gasteiger partial charge >= 0.3 is 0 Å². The number of hydrogen-bond donors (Lipinski definition) is 2. The molecule has 0 aliphatic rings. The molecule has 2 aromatic rings. The van der Waals surface area contributed by atoms with E-state index in [0.29, 0.717) is 6.04 Å². The van der Waals surface area contributed by atoms with Crippen LogP contribution in [0.1, 0.15) is 45.9 Å². The third-order valence-electron chi connectivity index (χ3n) is 3.87. The summed E-state index contributed by atoms with van der Waals surface area (Å²) in [5, 5.41) is 3.02. The van der Waals surface area contributed by atoms with Gasteiger partial charge in [0, 0.05) is 6.04 Å². The van der Waals surface area contributed by atoms with Gasteiger partial charge in [-0.05, 0) is 37.8 Å². The molecule has 3 N–H and O–H groups in total. The maximum atomic E-state index is 5.59. The molecular weight excluding hydrogens is 282 g/mol. The summed E-state index contributed by atoms with van der Waals surface area (Å²) in [5.41, 5.74) is 2.69. The summed E-state index contributed by atoms with van der Waals surface area (Å²) in [5.74, 6) is 7.15. The van der Waals surface area contributed by atoms with E-state index in [4.69, 9.17) is 5.84 Å². The van der Waals surface area contributed by atoms with E-state index >= 15 is 0 Å². The Balaban J connectivity index is 2.22. The molecule has 0 fully saturated rings. The van der Waals surface area contributed by atoms with Crippen molar-refractivity contribution in [2.45, 2.75) is 52.6 Å². The van der Waals surface area contributed by atoms with Crippen LogP contribution in [0, 0.1) is 0 Å². The summed E-state index contributed by atoms with van der Waals surface area (Å²) in [6.45, 7) is 8.57. The lowest BCUT2D eigenvalue weighted by Gasteiger charge is -2.27. The fourth-order valence-corrected chi connectivity index (χ4v) is 3.12. The zero-order valence-electron chi connectivity index (χ0n) is 13.1. The molecule has 21 heavy (non-hydrogen) atoms. The van der Waals surface area contributed by atoms with Gasteiger partial charge in [-0.3, -0.25) is 4.90 Å². The number of thiophene rings is 1. The van der Waals surface area contributed by atoms with Crippen LogP contribution in [0.25, 0.3) is 10.2 Å². The molecule has 5 nitrogen and oxygen atoms in total. The first-order valence-corrected chi connectivity index (χ1v) is 8.52. The molecule has 0 amide bonds. The van der Waals surface area contributed by atoms with E-state index in [0.717, 1.165) is 41.4 Å². The Hall–Kier alpha value is -1.24. The number of unbranched alkanes of at least 4 members (excludes halogenated alkanes) is 1. The van der Waals surface area contributed by atoms with Crippen LogP contribution < -0.4 is 11.3 Å². The molecule has 2 rings (SSSR count). The van der Waals surface area contributed by atoms with Crippen molar-refractivity contribution in [2.75, 3.05) is 12.0 Å². The lowest BCUT2D eigenvalue weighted by Crippen LogP contribution is -2.33. The van der Waals surface area contributed by atoms with Gasteiger partial charge < -0.3 is 5.43 Å². The quantitative estimate of drug-likeness (QED) is 0.578. The number of hydrazine groups is 1. The van der Waals surface area contributed by atoms with Gasteiger partial charge in [-0.15, -0.1) is 11.3 Å². The number of hydrogen-bond acceptors (Lipinski definition) is 6. The minimum Gasteiger partial charge on any atom is -0.308 e. The Morgan fingerprint density at radius 3 is 2.86 bits per heavy atom. The Bertz CT molecular complexity index is 568. The molecule has 1 unspecified atom stereocenters. The molecule has 0 radical (unpaired) electrons. The van der Waals surface area contributed by atoms with Crippen molar-refractivity contribution >= 4 is 27.4 Å². The van der Waals surface area contributed by atoms with Gasteiger partial charge in [0.25, 0.3) is 0 Å². The molecule has 0 aliphatic carbocycles. The summed E-state index contributed by atoms with van der Waals surface area (Å²) >= 11 is 1.62. The lowest BCUT2D eigenvalue weighted by atomic mass is 10.2. The van der Waals surface area contributed by atoms with Gasteiger partial charge in [0.05, 0.1) is 11.9 Å². The Kier molecular flexibility index (Phi) is 5.90. The van der Waals surface area contributed by atoms with E-state index < -0.39 is 0 Å².